The zero-order chi connectivity index (χ0) is 19.0. The van der Waals surface area contributed by atoms with Crippen LogP contribution in [0.2, 0.25) is 0 Å². The number of ether oxygens (including phenoxy) is 1. The number of hydrogen-bond donors (Lipinski definition) is 0. The number of nitrogens with zero attached hydrogens (tertiary/aromatic N) is 3. The minimum Gasteiger partial charge on any atom is -0.494 e. The number of hydrogen-bond acceptors (Lipinski definition) is 5. The van der Waals surface area contributed by atoms with E-state index in [0.717, 1.165) is 38.6 Å². The largest absolute Gasteiger partial charge is 0.494 e. The van der Waals surface area contributed by atoms with Crippen LogP contribution in [0.1, 0.15) is 15.9 Å². The van der Waals surface area contributed by atoms with Gasteiger partial charge in [0.1, 0.15) is 11.3 Å². The maximum absolute atomic E-state index is 12.8. The Morgan fingerprint density at radius 1 is 1.15 bits per heavy atom. The number of benzene rings is 2. The lowest BCUT2D eigenvalue weighted by Crippen LogP contribution is -2.48. The van der Waals surface area contributed by atoms with Crippen molar-refractivity contribution in [3.63, 3.8) is 0 Å². The minimum atomic E-state index is 0.112. The Morgan fingerprint density at radius 2 is 1.89 bits per heavy atom. The highest BCUT2D eigenvalue weighted by Gasteiger charge is 2.25. The summed E-state index contributed by atoms with van der Waals surface area (Å²) in [6.45, 7) is 5.08. The number of rotatable bonds is 3. The van der Waals surface area contributed by atoms with Gasteiger partial charge in [-0.25, -0.2) is 4.98 Å². The number of thiazole rings is 1. The van der Waals surface area contributed by atoms with Gasteiger partial charge in [-0.1, -0.05) is 29.5 Å². The van der Waals surface area contributed by atoms with Crippen LogP contribution in [0.15, 0.2) is 36.4 Å². The van der Waals surface area contributed by atoms with Gasteiger partial charge in [0.25, 0.3) is 5.91 Å². The molecule has 0 radical (unpaired) electrons. The van der Waals surface area contributed by atoms with Gasteiger partial charge in [0.2, 0.25) is 0 Å². The average Bonchev–Trinajstić information content (AvgIpc) is 3.15. The van der Waals surface area contributed by atoms with Gasteiger partial charge in [0.05, 0.1) is 17.4 Å². The Morgan fingerprint density at radius 3 is 2.59 bits per heavy atom. The Bertz CT molecular complexity index is 996. The summed E-state index contributed by atoms with van der Waals surface area (Å²) in [4.78, 5) is 21.8. The Hall–Kier alpha value is -1.87. The predicted octanol–water partition coefficient (Wildman–Crippen LogP) is 4.18. The number of amides is 1. The molecule has 0 aliphatic carbocycles. The second-order valence-corrected chi connectivity index (χ2v) is 8.66. The Labute approximate surface area is 176 Å². The first-order valence-electron chi connectivity index (χ1n) is 8.81. The molecule has 140 valence electrons. The number of anilines is 1. The molecular weight excluding hydrogens is 473 g/mol. The van der Waals surface area contributed by atoms with Crippen LogP contribution in [0.4, 0.5) is 5.13 Å². The number of piperazine rings is 1. The van der Waals surface area contributed by atoms with Crippen LogP contribution in [0.25, 0.3) is 10.2 Å². The summed E-state index contributed by atoms with van der Waals surface area (Å²) < 4.78 is 7.63. The van der Waals surface area contributed by atoms with Crippen LogP contribution in [0, 0.1) is 10.5 Å². The number of carbonyl (C=O) groups is 1. The molecule has 1 amide bonds. The molecule has 2 heterocycles. The van der Waals surface area contributed by atoms with Crippen LogP contribution in [0.5, 0.6) is 5.75 Å². The second kappa shape index (κ2) is 7.63. The smallest absolute Gasteiger partial charge is 0.255 e. The summed E-state index contributed by atoms with van der Waals surface area (Å²) in [5, 5.41) is 0.999. The predicted molar refractivity (Wildman–Crippen MR) is 118 cm³/mol. The van der Waals surface area contributed by atoms with E-state index < -0.39 is 0 Å². The van der Waals surface area contributed by atoms with E-state index >= 15 is 0 Å². The highest BCUT2D eigenvalue weighted by atomic mass is 127. The van der Waals surface area contributed by atoms with Gasteiger partial charge >= 0.3 is 0 Å². The molecule has 3 aromatic rings. The lowest BCUT2D eigenvalue weighted by atomic mass is 10.2. The average molecular weight is 493 g/mol. The van der Waals surface area contributed by atoms with Crippen molar-refractivity contribution in [1.29, 1.82) is 0 Å². The Kier molecular flexibility index (Phi) is 5.23. The topological polar surface area (TPSA) is 45.7 Å². The molecule has 0 spiro atoms. The Balaban J connectivity index is 1.51. The maximum atomic E-state index is 12.8. The normalized spacial score (nSPS) is 14.6. The molecule has 0 atom stereocenters. The summed E-state index contributed by atoms with van der Waals surface area (Å²) in [5.41, 5.74) is 2.92. The van der Waals surface area contributed by atoms with Crippen molar-refractivity contribution in [1.82, 2.24) is 9.88 Å². The van der Waals surface area contributed by atoms with Crippen molar-refractivity contribution in [2.75, 3.05) is 38.2 Å². The van der Waals surface area contributed by atoms with Gasteiger partial charge in [-0.2, -0.15) is 0 Å². The van der Waals surface area contributed by atoms with E-state index in [1.165, 1.54) is 10.3 Å². The van der Waals surface area contributed by atoms with Gasteiger partial charge in [0.15, 0.2) is 5.13 Å². The first-order valence-corrected chi connectivity index (χ1v) is 10.7. The highest BCUT2D eigenvalue weighted by molar-refractivity contribution is 14.1. The zero-order valence-electron chi connectivity index (χ0n) is 15.2. The standard InChI is InChI=1S/C20H20IN3O2S/c1-13-7-8-16(26-2)17-18(13)27-20(22-17)24-11-9-23(10-12-24)19(25)14-5-3-4-6-15(14)21/h3-8H,9-12H2,1-2H3. The molecule has 1 saturated heterocycles. The van der Waals surface area contributed by atoms with Crippen LogP contribution in [0.3, 0.4) is 0 Å². The number of fused-ring (bicyclic) bond motifs is 1. The molecule has 0 N–H and O–H groups in total. The van der Waals surface area contributed by atoms with Crippen LogP contribution in [-0.2, 0) is 0 Å². The molecule has 2 aromatic carbocycles. The monoisotopic (exact) mass is 493 g/mol. The SMILES string of the molecule is COc1ccc(C)c2sc(N3CCN(C(=O)c4ccccc4I)CC3)nc12. The molecule has 7 heteroatoms. The fourth-order valence-corrected chi connectivity index (χ4v) is 5.03. The van der Waals surface area contributed by atoms with Crippen molar-refractivity contribution >= 4 is 55.2 Å². The maximum Gasteiger partial charge on any atom is 0.255 e. The fourth-order valence-electron chi connectivity index (χ4n) is 3.30. The van der Waals surface area contributed by atoms with Crippen molar-refractivity contribution in [3.05, 3.63) is 51.1 Å². The molecule has 1 fully saturated rings. The third kappa shape index (κ3) is 3.50. The highest BCUT2D eigenvalue weighted by Crippen LogP contribution is 2.36. The van der Waals surface area contributed by atoms with E-state index in [2.05, 4.69) is 40.5 Å². The van der Waals surface area contributed by atoms with Crippen molar-refractivity contribution in [3.8, 4) is 5.75 Å². The van der Waals surface area contributed by atoms with Gasteiger partial charge in [0, 0.05) is 29.7 Å². The van der Waals surface area contributed by atoms with Crippen LogP contribution < -0.4 is 9.64 Å². The van der Waals surface area contributed by atoms with E-state index in [0.29, 0.717) is 13.1 Å². The molecule has 0 unspecified atom stereocenters. The number of methoxy groups -OCH3 is 1. The summed E-state index contributed by atoms with van der Waals surface area (Å²) in [6, 6.07) is 11.8. The summed E-state index contributed by atoms with van der Waals surface area (Å²) in [5.74, 6) is 0.923. The van der Waals surface area contributed by atoms with Crippen LogP contribution in [-0.4, -0.2) is 49.1 Å². The molecule has 4 rings (SSSR count). The molecule has 5 nitrogen and oxygen atoms in total. The number of halogens is 1. The quantitative estimate of drug-likeness (QED) is 0.514. The third-order valence-corrected chi connectivity index (χ3v) is 7.05. The van der Waals surface area contributed by atoms with Crippen molar-refractivity contribution in [2.24, 2.45) is 0 Å². The van der Waals surface area contributed by atoms with E-state index in [9.17, 15) is 4.79 Å². The van der Waals surface area contributed by atoms with Crippen LogP contribution >= 0.6 is 33.9 Å². The molecule has 1 aliphatic rings. The second-order valence-electron chi connectivity index (χ2n) is 6.52. The number of aromatic nitrogens is 1. The van der Waals surface area contributed by atoms with Gasteiger partial charge in [-0.05, 0) is 53.3 Å². The minimum absolute atomic E-state index is 0.112. The molecule has 0 bridgehead atoms. The molecule has 0 saturated carbocycles. The summed E-state index contributed by atoms with van der Waals surface area (Å²) >= 11 is 3.92. The number of carbonyl (C=O) groups excluding carboxylic acids is 1. The lowest BCUT2D eigenvalue weighted by molar-refractivity contribution is 0.0745. The van der Waals surface area contributed by atoms with Crippen molar-refractivity contribution < 1.29 is 9.53 Å². The summed E-state index contributed by atoms with van der Waals surface area (Å²) in [7, 11) is 1.68. The van der Waals surface area contributed by atoms with E-state index in [1.807, 2.05) is 35.2 Å². The number of aryl methyl sites for hydroxylation is 1. The lowest BCUT2D eigenvalue weighted by Gasteiger charge is -2.34. The molecular formula is C20H20IN3O2S. The first kappa shape index (κ1) is 18.5. The molecule has 1 aliphatic heterocycles. The van der Waals surface area contributed by atoms with Crippen molar-refractivity contribution in [2.45, 2.75) is 6.92 Å². The van der Waals surface area contributed by atoms with Gasteiger partial charge in [-0.3, -0.25) is 4.79 Å². The molecule has 27 heavy (non-hydrogen) atoms. The molecule has 1 aromatic heterocycles. The van der Waals surface area contributed by atoms with E-state index in [4.69, 9.17) is 9.72 Å². The van der Waals surface area contributed by atoms with E-state index in [-0.39, 0.29) is 5.91 Å². The van der Waals surface area contributed by atoms with Gasteiger partial charge < -0.3 is 14.5 Å². The summed E-state index contributed by atoms with van der Waals surface area (Å²) in [6.07, 6.45) is 0. The van der Waals surface area contributed by atoms with E-state index in [1.54, 1.807) is 18.4 Å². The fraction of sp³-hybridized carbons (Fsp3) is 0.300. The zero-order valence-corrected chi connectivity index (χ0v) is 18.2. The first-order chi connectivity index (χ1) is 13.1. The third-order valence-electron chi connectivity index (χ3n) is 4.85. The van der Waals surface area contributed by atoms with Gasteiger partial charge in [-0.15, -0.1) is 0 Å².